The molecule has 6 atom stereocenters. The van der Waals surface area contributed by atoms with E-state index in [0.29, 0.717) is 38.5 Å². The van der Waals surface area contributed by atoms with Crippen LogP contribution >= 0.6 is 0 Å². The Labute approximate surface area is 134 Å². The fourth-order valence-electron chi connectivity index (χ4n) is 5.42. The lowest BCUT2D eigenvalue weighted by atomic mass is 9.45. The summed E-state index contributed by atoms with van der Waals surface area (Å²) in [6, 6.07) is -1.14. The number of allylic oxidation sites excluding steroid dienone is 2. The van der Waals surface area contributed by atoms with Gasteiger partial charge in [-0.05, 0) is 73.0 Å². The zero-order chi connectivity index (χ0) is 20.9. The van der Waals surface area contributed by atoms with Gasteiger partial charge in [0.2, 0.25) is 0 Å². The first kappa shape index (κ1) is 7.11. The van der Waals surface area contributed by atoms with Gasteiger partial charge in [-0.25, -0.2) is 0 Å². The van der Waals surface area contributed by atoms with E-state index in [4.69, 9.17) is 9.60 Å². The number of ketones is 1. The molecule has 0 N–H and O–H groups in total. The highest BCUT2D eigenvalue weighted by Gasteiger charge is 2.56. The molecule has 3 saturated carbocycles. The molecule has 4 rings (SSSR count). The maximum absolute atomic E-state index is 12.0. The van der Waals surface area contributed by atoms with Gasteiger partial charge in [-0.1, -0.05) is 25.9 Å². The summed E-state index contributed by atoms with van der Waals surface area (Å²) in [7, 11) is 0. The van der Waals surface area contributed by atoms with Crippen LogP contribution in [0, 0.1) is 34.5 Å². The second-order valence-electron chi connectivity index (χ2n) is 7.47. The minimum absolute atomic E-state index is 0.0329. The highest BCUT2D eigenvalue weighted by Crippen LogP contribution is 2.64. The van der Waals surface area contributed by atoms with Crippen molar-refractivity contribution in [2.75, 3.05) is 0 Å². The highest BCUT2D eigenvalue weighted by atomic mass is 16.1. The van der Waals surface area contributed by atoms with E-state index in [2.05, 4.69) is 6.92 Å². The summed E-state index contributed by atoms with van der Waals surface area (Å²) in [5.41, 5.74) is -2.15. The minimum Gasteiger partial charge on any atom is -0.300 e. The molecule has 4 aliphatic carbocycles. The number of fused-ring (bicyclic) bond motifs is 5. The monoisotopic (exact) mass is 280 g/mol. The van der Waals surface area contributed by atoms with Crippen LogP contribution in [-0.2, 0) is 4.79 Å². The molecule has 0 spiro atoms. The van der Waals surface area contributed by atoms with Crippen molar-refractivity contribution in [2.45, 2.75) is 65.1 Å². The summed E-state index contributed by atoms with van der Waals surface area (Å²) < 4.78 is 67.9. The van der Waals surface area contributed by atoms with Crippen LogP contribution in [0.3, 0.4) is 0 Å². The van der Waals surface area contributed by atoms with Gasteiger partial charge >= 0.3 is 0 Å². The third-order valence-corrected chi connectivity index (χ3v) is 6.64. The lowest BCUT2D eigenvalue weighted by molar-refractivity contribution is -0.136. The fourth-order valence-corrected chi connectivity index (χ4v) is 5.42. The molecule has 110 valence electrons. The minimum atomic E-state index is -2.72. The molecule has 0 saturated heterocycles. The molecular formula is C19H28O. The number of rotatable bonds is 0. The lowest BCUT2D eigenvalue weighted by Gasteiger charge is -2.59. The maximum Gasteiger partial charge on any atom is 0.133 e. The van der Waals surface area contributed by atoms with Crippen LogP contribution in [0.5, 0.6) is 0 Å². The summed E-state index contributed by atoms with van der Waals surface area (Å²) in [6.45, 7) is -0.582. The molecule has 3 fully saturated rings. The zero-order valence-electron chi connectivity index (χ0n) is 20.1. The van der Waals surface area contributed by atoms with E-state index in [9.17, 15) is 6.17 Å². The van der Waals surface area contributed by atoms with Crippen LogP contribution in [0.15, 0.2) is 12.1 Å². The SMILES string of the molecule is [2H]C1=C([2H])[C@@]2(C([2H])([2H])[2H])CC[C@H]3[C@@H](CC[C@H]4CC(=O)CC[C@@]43C)[C@]2([2H])C1([2H])[2H]. The van der Waals surface area contributed by atoms with Gasteiger partial charge in [-0.3, -0.25) is 4.79 Å². The summed E-state index contributed by atoms with van der Waals surface area (Å²) in [4.78, 5) is 12.0. The molecule has 0 radical (unpaired) electrons. The van der Waals surface area contributed by atoms with Crippen molar-refractivity contribution in [3.05, 3.63) is 12.1 Å². The normalized spacial score (nSPS) is 67.8. The highest BCUT2D eigenvalue weighted by molar-refractivity contribution is 5.79. The first-order valence-electron chi connectivity index (χ1n) is 12.0. The molecule has 0 bridgehead atoms. The first-order valence-corrected chi connectivity index (χ1v) is 7.95. The van der Waals surface area contributed by atoms with Crippen LogP contribution in [0.25, 0.3) is 0 Å². The molecule has 0 unspecified atom stereocenters. The summed E-state index contributed by atoms with van der Waals surface area (Å²) in [6.07, 6.45) is 0.943. The predicted octanol–water partition coefficient (Wildman–Crippen LogP) is 4.76. The molecule has 0 amide bonds. The molecule has 1 heteroatoms. The predicted molar refractivity (Wildman–Crippen MR) is 81.3 cm³/mol. The molecule has 0 aromatic carbocycles. The van der Waals surface area contributed by atoms with Gasteiger partial charge in [0.25, 0.3) is 0 Å². The van der Waals surface area contributed by atoms with Crippen LogP contribution in [0.4, 0.5) is 0 Å². The Morgan fingerprint density at radius 1 is 1.45 bits per heavy atom. The molecule has 0 aromatic rings. The van der Waals surface area contributed by atoms with E-state index < -0.39 is 42.6 Å². The largest absolute Gasteiger partial charge is 0.300 e. The molecule has 0 aliphatic heterocycles. The molecule has 20 heavy (non-hydrogen) atoms. The number of hydrogen-bond donors (Lipinski definition) is 0. The Kier molecular flexibility index (Phi) is 1.50. The summed E-state index contributed by atoms with van der Waals surface area (Å²) >= 11 is 0. The van der Waals surface area contributed by atoms with Gasteiger partial charge in [-0.2, -0.15) is 0 Å². The van der Waals surface area contributed by atoms with E-state index in [1.165, 1.54) is 0 Å². The lowest BCUT2D eigenvalue weighted by Crippen LogP contribution is -2.52. The van der Waals surface area contributed by atoms with Crippen molar-refractivity contribution in [2.24, 2.45) is 34.5 Å². The Morgan fingerprint density at radius 3 is 3.20 bits per heavy atom. The van der Waals surface area contributed by atoms with E-state index in [0.717, 1.165) is 0 Å². The average molecular weight is 280 g/mol. The van der Waals surface area contributed by atoms with Crippen molar-refractivity contribution < 1.29 is 15.8 Å². The van der Waals surface area contributed by atoms with Crippen LogP contribution < -0.4 is 0 Å². The molecule has 0 heterocycles. The summed E-state index contributed by atoms with van der Waals surface area (Å²) in [5, 5.41) is 0. The van der Waals surface area contributed by atoms with E-state index >= 15 is 0 Å². The summed E-state index contributed by atoms with van der Waals surface area (Å²) in [5.74, 6) is -2.19. The number of carbonyl (C=O) groups excluding carboxylic acids is 1. The van der Waals surface area contributed by atoms with E-state index in [1.54, 1.807) is 0 Å². The van der Waals surface area contributed by atoms with Gasteiger partial charge in [0.05, 0.1) is 2.74 Å². The number of hydrogen-bond acceptors (Lipinski definition) is 1. The Balaban J connectivity index is 1.87. The third-order valence-electron chi connectivity index (χ3n) is 6.64. The quantitative estimate of drug-likeness (QED) is 0.584. The van der Waals surface area contributed by atoms with Crippen molar-refractivity contribution in [1.82, 2.24) is 0 Å². The standard InChI is InChI=1S/C19H28O/c1-18-9-3-4-16(18)15-6-5-13-12-14(20)7-11-19(13,2)17(15)8-10-18/h3,9,13,15-17H,4-8,10-12H2,1-2H3/t13-,15-,16-,17-,18-,19-/m0/s1/i1D3,3D,4D2,9D,16D. The van der Waals surface area contributed by atoms with E-state index in [-0.39, 0.29) is 29.5 Å². The maximum atomic E-state index is 12.0. The smallest absolute Gasteiger partial charge is 0.133 e. The number of Topliss-reactive ketones (excluding diaryl/α,β-unsaturated/α-hetero) is 1. The van der Waals surface area contributed by atoms with E-state index in [1.807, 2.05) is 0 Å². The molecule has 1 nitrogen and oxygen atoms in total. The van der Waals surface area contributed by atoms with Crippen LogP contribution in [-0.4, -0.2) is 5.78 Å². The second kappa shape index (κ2) is 4.21. The van der Waals surface area contributed by atoms with Gasteiger partial charge in [0.15, 0.2) is 0 Å². The van der Waals surface area contributed by atoms with Crippen molar-refractivity contribution in [3.8, 4) is 0 Å². The first-order chi connectivity index (χ1) is 12.7. The van der Waals surface area contributed by atoms with Crippen molar-refractivity contribution >= 4 is 5.78 Å². The molecular weight excluding hydrogens is 244 g/mol. The van der Waals surface area contributed by atoms with Gasteiger partial charge in [0.1, 0.15) is 5.78 Å². The topological polar surface area (TPSA) is 17.1 Å². The zero-order valence-corrected chi connectivity index (χ0v) is 12.1. The van der Waals surface area contributed by atoms with Gasteiger partial charge in [-0.15, -0.1) is 0 Å². The third kappa shape index (κ3) is 1.64. The Hall–Kier alpha value is -0.590. The average Bonchev–Trinajstić information content (AvgIpc) is 2.72. The Bertz CT molecular complexity index is 758. The fraction of sp³-hybridized carbons (Fsp3) is 0.842. The molecule has 4 aliphatic rings. The van der Waals surface area contributed by atoms with Crippen LogP contribution in [0.2, 0.25) is 0 Å². The number of carbonyl (C=O) groups is 1. The van der Waals surface area contributed by atoms with Crippen molar-refractivity contribution in [3.63, 3.8) is 0 Å². The van der Waals surface area contributed by atoms with Gasteiger partial charge < -0.3 is 0 Å². The molecule has 0 aromatic heterocycles. The van der Waals surface area contributed by atoms with Gasteiger partial charge in [0, 0.05) is 21.1 Å². The second-order valence-corrected chi connectivity index (χ2v) is 7.47. The van der Waals surface area contributed by atoms with Crippen molar-refractivity contribution in [1.29, 1.82) is 0 Å². The van der Waals surface area contributed by atoms with Crippen LogP contribution in [0.1, 0.15) is 76.1 Å². The Morgan fingerprint density at radius 2 is 2.35 bits per heavy atom.